The van der Waals surface area contributed by atoms with Gasteiger partial charge in [-0.1, -0.05) is 0 Å². The van der Waals surface area contributed by atoms with Crippen LogP contribution < -0.4 is 10.4 Å². The lowest BCUT2D eigenvalue weighted by atomic mass is 10.2. The van der Waals surface area contributed by atoms with E-state index in [0.717, 1.165) is 18.6 Å². The normalized spacial score (nSPS) is 14.6. The number of carboxylic acid groups (broad SMARTS) is 3. The highest BCUT2D eigenvalue weighted by molar-refractivity contribution is 5.92. The first-order valence-corrected chi connectivity index (χ1v) is 12.7. The quantitative estimate of drug-likeness (QED) is 0.193. The molecule has 1 unspecified atom stereocenters. The zero-order valence-electron chi connectivity index (χ0n) is 24.6. The number of aryl methyl sites for hydroxylation is 1. The van der Waals surface area contributed by atoms with Crippen molar-refractivity contribution in [1.82, 2.24) is 15.4 Å². The predicted octanol–water partition coefficient (Wildman–Crippen LogP) is 4.01. The highest BCUT2D eigenvalue weighted by atomic mass is 16.6. The van der Waals surface area contributed by atoms with Crippen LogP contribution in [0.25, 0.3) is 11.0 Å². The van der Waals surface area contributed by atoms with Crippen LogP contribution in [-0.2, 0) is 28.6 Å². The summed E-state index contributed by atoms with van der Waals surface area (Å²) in [5.74, 6) is -1.26. The van der Waals surface area contributed by atoms with E-state index >= 15 is 0 Å². The molecule has 15 nitrogen and oxygen atoms in total. The third-order valence-corrected chi connectivity index (χ3v) is 4.61. The fourth-order valence-corrected chi connectivity index (χ4v) is 3.16. The summed E-state index contributed by atoms with van der Waals surface area (Å²) >= 11 is 0. The van der Waals surface area contributed by atoms with Gasteiger partial charge in [0, 0.05) is 18.8 Å². The molecule has 0 bridgehead atoms. The van der Waals surface area contributed by atoms with E-state index < -0.39 is 47.4 Å². The van der Waals surface area contributed by atoms with E-state index in [0.29, 0.717) is 34.9 Å². The molecule has 1 saturated heterocycles. The van der Waals surface area contributed by atoms with E-state index in [1.807, 2.05) is 0 Å². The fraction of sp³-hybridized carbons (Fsp3) is 0.481. The van der Waals surface area contributed by atoms with Gasteiger partial charge in [0.1, 0.15) is 17.0 Å². The molecule has 1 aromatic heterocycles. The number of benzene rings is 1. The van der Waals surface area contributed by atoms with Gasteiger partial charge in [0.15, 0.2) is 6.10 Å². The molecule has 3 rings (SSSR count). The van der Waals surface area contributed by atoms with Crippen LogP contribution in [0.2, 0.25) is 0 Å². The topological polar surface area (TPSA) is 218 Å². The summed E-state index contributed by atoms with van der Waals surface area (Å²) in [6, 6.07) is 4.57. The number of nitrogens with one attached hydrogen (secondary N) is 2. The summed E-state index contributed by atoms with van der Waals surface area (Å²) in [4.78, 5) is 61.1. The van der Waals surface area contributed by atoms with Gasteiger partial charge in [-0.15, -0.1) is 0 Å². The van der Waals surface area contributed by atoms with Gasteiger partial charge in [-0.05, 0) is 79.5 Å². The Hall–Kier alpha value is -4.66. The van der Waals surface area contributed by atoms with Crippen LogP contribution in [0.3, 0.4) is 0 Å². The molecule has 15 heteroatoms. The van der Waals surface area contributed by atoms with Crippen molar-refractivity contribution in [3.63, 3.8) is 0 Å². The number of ether oxygens (including phenoxy) is 3. The molecular weight excluding hydrogens is 556 g/mol. The summed E-state index contributed by atoms with van der Waals surface area (Å²) in [6.45, 7) is 12.9. The Morgan fingerprint density at radius 1 is 1.00 bits per heavy atom. The summed E-state index contributed by atoms with van der Waals surface area (Å²) in [6.07, 6.45) is 0.298. The monoisotopic (exact) mass is 594 g/mol. The molecule has 2 heterocycles. The largest absolute Gasteiger partial charge is 0.479 e. The van der Waals surface area contributed by atoms with Gasteiger partial charge in [0.2, 0.25) is 0 Å². The van der Waals surface area contributed by atoms with Gasteiger partial charge in [0.05, 0.1) is 16.7 Å². The van der Waals surface area contributed by atoms with Crippen LogP contribution in [0.4, 0.5) is 15.3 Å². The smallest absolute Gasteiger partial charge is 0.431 e. The lowest BCUT2D eigenvalue weighted by Gasteiger charge is -2.19. The molecule has 0 radical (unpaired) electrons. The number of rotatable bonds is 4. The second kappa shape index (κ2) is 15.4. The van der Waals surface area contributed by atoms with E-state index in [4.69, 9.17) is 29.5 Å². The third-order valence-electron chi connectivity index (χ3n) is 4.61. The lowest BCUT2D eigenvalue weighted by molar-refractivity contribution is -0.151. The third kappa shape index (κ3) is 14.1. The summed E-state index contributed by atoms with van der Waals surface area (Å²) in [5, 5.41) is 26.3. The minimum absolute atomic E-state index is 0.182. The summed E-state index contributed by atoms with van der Waals surface area (Å²) < 4.78 is 14.8. The van der Waals surface area contributed by atoms with E-state index in [1.54, 1.807) is 60.0 Å². The Morgan fingerprint density at radius 3 is 1.93 bits per heavy atom. The van der Waals surface area contributed by atoms with Gasteiger partial charge in [-0.25, -0.2) is 34.4 Å². The molecule has 1 aliphatic rings. The predicted molar refractivity (Wildman–Crippen MR) is 150 cm³/mol. The Kier molecular flexibility index (Phi) is 12.9. The first kappa shape index (κ1) is 35.4. The number of aromatic nitrogens is 2. The highest BCUT2D eigenvalue weighted by Crippen LogP contribution is 2.20. The second-order valence-electron chi connectivity index (χ2n) is 10.8. The van der Waals surface area contributed by atoms with Crippen molar-refractivity contribution in [3.8, 4) is 0 Å². The van der Waals surface area contributed by atoms with Crippen LogP contribution in [0, 0.1) is 6.92 Å². The number of fused-ring (bicyclic) bond motifs is 1. The molecular formula is C27H38N4O11. The summed E-state index contributed by atoms with van der Waals surface area (Å²) in [7, 11) is 0. The van der Waals surface area contributed by atoms with Crippen LogP contribution in [0.1, 0.15) is 60.2 Å². The number of H-pyrrole nitrogens is 1. The second-order valence-corrected chi connectivity index (χ2v) is 10.8. The highest BCUT2D eigenvalue weighted by Gasteiger charge is 2.22. The molecule has 42 heavy (non-hydrogen) atoms. The van der Waals surface area contributed by atoms with E-state index in [9.17, 15) is 24.0 Å². The van der Waals surface area contributed by atoms with Crippen molar-refractivity contribution in [2.45, 2.75) is 78.6 Å². The zero-order valence-corrected chi connectivity index (χ0v) is 24.6. The molecule has 1 fully saturated rings. The molecule has 0 aliphatic carbocycles. The lowest BCUT2D eigenvalue weighted by Crippen LogP contribution is -2.45. The van der Waals surface area contributed by atoms with Crippen molar-refractivity contribution in [2.75, 3.05) is 11.6 Å². The number of anilines is 1. The number of carboxylic acids is 1. The maximum Gasteiger partial charge on any atom is 0.431 e. The van der Waals surface area contributed by atoms with Crippen molar-refractivity contribution in [1.29, 1.82) is 0 Å². The van der Waals surface area contributed by atoms with E-state index in [1.165, 1.54) is 12.1 Å². The number of esters is 2. The molecule has 232 valence electrons. The number of hydrogen-bond acceptors (Lipinski definition) is 9. The summed E-state index contributed by atoms with van der Waals surface area (Å²) in [5.41, 5.74) is 2.15. The van der Waals surface area contributed by atoms with E-state index in [2.05, 4.69) is 9.97 Å². The molecule has 1 aliphatic heterocycles. The first-order valence-electron chi connectivity index (χ1n) is 12.7. The number of carbonyl (C=O) groups excluding carboxylic acids is 2. The number of aromatic amines is 1. The minimum atomic E-state index is -1.46. The number of aliphatic carboxylic acids is 1. The number of imidazole rings is 1. The van der Waals surface area contributed by atoms with Gasteiger partial charge in [0.25, 0.3) is 0 Å². The Morgan fingerprint density at radius 2 is 1.55 bits per heavy atom. The molecule has 2 amide bonds. The van der Waals surface area contributed by atoms with Gasteiger partial charge >= 0.3 is 30.1 Å². The molecule has 1 atom stereocenters. The Bertz CT molecular complexity index is 1250. The van der Waals surface area contributed by atoms with E-state index in [-0.39, 0.29) is 5.69 Å². The van der Waals surface area contributed by atoms with Crippen molar-refractivity contribution >= 4 is 46.8 Å². The molecule has 0 saturated carbocycles. The molecule has 2 aromatic rings. The molecule has 1 aromatic carbocycles. The average molecular weight is 595 g/mol. The Labute approximate surface area is 242 Å². The number of hydrogen-bond donors (Lipinski definition) is 5. The van der Waals surface area contributed by atoms with Gasteiger partial charge < -0.3 is 34.5 Å². The number of nitrogens with zero attached hydrogens (tertiary/aromatic N) is 2. The number of carbonyl (C=O) groups is 5. The number of hydrazine groups is 1. The SMILES string of the molecule is CC(C)(C)OC(=O)/C=C\C(=O)OC(C)(C)C.Cc1nc2ccc(N(NC(=O)O)C(=O)O)cc2[nH]1.O=C(O)C1CCCO1. The molecule has 0 spiro atoms. The van der Waals surface area contributed by atoms with Crippen molar-refractivity contribution in [2.24, 2.45) is 0 Å². The zero-order chi connectivity index (χ0) is 32.3. The van der Waals surface area contributed by atoms with Crippen molar-refractivity contribution in [3.05, 3.63) is 36.2 Å². The fourth-order valence-electron chi connectivity index (χ4n) is 3.16. The maximum atomic E-state index is 11.2. The van der Waals surface area contributed by atoms with Crippen LogP contribution in [0.15, 0.2) is 30.4 Å². The standard InChI is InChI=1S/C12H20O4.C10H10N4O4.C5H8O3/c1-11(2,3)15-9(13)7-8-10(14)16-12(4,5)6;1-5-11-7-3-2-6(4-8(7)12-5)14(10(17)18)13-9(15)16;6-5(7)4-2-1-3-8-4/h7-8H,1-6H3;2-4,13H,1H3,(H,11,12)(H,15,16)(H,17,18);4H,1-3H2,(H,6,7)/b8-7-;;. The van der Waals surface area contributed by atoms with Gasteiger partial charge in [-0.2, -0.15) is 5.01 Å². The Balaban J connectivity index is 0.000000337. The van der Waals surface area contributed by atoms with Crippen LogP contribution >= 0.6 is 0 Å². The molecule has 5 N–H and O–H groups in total. The van der Waals surface area contributed by atoms with Crippen molar-refractivity contribution < 1.29 is 53.5 Å². The maximum absolute atomic E-state index is 11.2. The minimum Gasteiger partial charge on any atom is -0.479 e. The average Bonchev–Trinajstić information content (AvgIpc) is 3.48. The van der Waals surface area contributed by atoms with Crippen LogP contribution in [0.5, 0.6) is 0 Å². The van der Waals surface area contributed by atoms with Gasteiger partial charge in [-0.3, -0.25) is 0 Å². The first-order chi connectivity index (χ1) is 19.3. The number of amides is 2. The van der Waals surface area contributed by atoms with Crippen LogP contribution in [-0.4, -0.2) is 79.3 Å².